The van der Waals surface area contributed by atoms with E-state index in [-0.39, 0.29) is 16.3 Å². The largest absolute Gasteiger partial charge is 0.478 e. The minimum absolute atomic E-state index is 0.0760. The predicted molar refractivity (Wildman–Crippen MR) is 90.5 cm³/mol. The highest BCUT2D eigenvalue weighted by Gasteiger charge is 2.16. The lowest BCUT2D eigenvalue weighted by Gasteiger charge is -2.10. The number of nitrogens with one attached hydrogen (secondary N) is 1. The van der Waals surface area contributed by atoms with Crippen LogP contribution in [-0.2, 0) is 0 Å². The van der Waals surface area contributed by atoms with Gasteiger partial charge in [-0.2, -0.15) is 0 Å². The van der Waals surface area contributed by atoms with E-state index in [1.807, 2.05) is 22.6 Å². The summed E-state index contributed by atoms with van der Waals surface area (Å²) in [5, 5.41) is 12.4. The van der Waals surface area contributed by atoms with Crippen LogP contribution in [0.4, 0.5) is 5.69 Å². The number of benzene rings is 2. The number of amides is 1. The maximum absolute atomic E-state index is 12.2. The number of carboxylic acids is 1. The highest BCUT2D eigenvalue weighted by Crippen LogP contribution is 2.23. The van der Waals surface area contributed by atoms with E-state index in [1.165, 1.54) is 24.3 Å². The lowest BCUT2D eigenvalue weighted by Crippen LogP contribution is -2.16. The Bertz CT molecular complexity index is 734. The van der Waals surface area contributed by atoms with Crippen molar-refractivity contribution in [2.45, 2.75) is 0 Å². The van der Waals surface area contributed by atoms with E-state index in [0.29, 0.717) is 14.2 Å². The Morgan fingerprint density at radius 1 is 1.00 bits per heavy atom. The second kappa shape index (κ2) is 6.64. The smallest absolute Gasteiger partial charge is 0.337 e. The summed E-state index contributed by atoms with van der Waals surface area (Å²) < 4.78 is 0.709. The minimum atomic E-state index is -1.17. The van der Waals surface area contributed by atoms with E-state index in [9.17, 15) is 9.59 Å². The normalized spacial score (nSPS) is 10.2. The van der Waals surface area contributed by atoms with Gasteiger partial charge in [0.15, 0.2) is 0 Å². The number of hydrogen-bond donors (Lipinski definition) is 2. The van der Waals surface area contributed by atoms with Gasteiger partial charge in [-0.25, -0.2) is 4.79 Å². The van der Waals surface area contributed by atoms with Crippen LogP contribution in [0.25, 0.3) is 0 Å². The van der Waals surface area contributed by atoms with Crippen molar-refractivity contribution in [3.05, 3.63) is 61.1 Å². The third-order valence-corrected chi connectivity index (χ3v) is 4.04. The Kier molecular flexibility index (Phi) is 5.08. The average Bonchev–Trinajstić information content (AvgIpc) is 2.43. The maximum Gasteiger partial charge on any atom is 0.337 e. The highest BCUT2D eigenvalue weighted by atomic mass is 127. The van der Waals surface area contributed by atoms with Gasteiger partial charge in [0.05, 0.1) is 16.8 Å². The first-order valence-electron chi connectivity index (χ1n) is 5.67. The summed E-state index contributed by atoms with van der Waals surface area (Å²) in [5.41, 5.74) is 0.468. The Balaban J connectivity index is 2.36. The summed E-state index contributed by atoms with van der Waals surface area (Å²) in [6, 6.07) is 9.13. The van der Waals surface area contributed by atoms with Gasteiger partial charge in [-0.05, 0) is 59.0 Å². The van der Waals surface area contributed by atoms with Crippen LogP contribution in [0.5, 0.6) is 0 Å². The van der Waals surface area contributed by atoms with Gasteiger partial charge in [0, 0.05) is 13.6 Å². The molecule has 1 amide bonds. The number of anilines is 1. The van der Waals surface area contributed by atoms with Gasteiger partial charge in [-0.3, -0.25) is 4.79 Å². The molecular weight excluding hydrogens is 428 g/mol. The van der Waals surface area contributed by atoms with E-state index in [0.717, 1.165) is 0 Å². The second-order valence-corrected chi connectivity index (χ2v) is 6.11. The molecule has 0 heterocycles. The fourth-order valence-corrected chi connectivity index (χ4v) is 2.59. The van der Waals surface area contributed by atoms with Crippen LogP contribution in [-0.4, -0.2) is 17.0 Å². The van der Waals surface area contributed by atoms with Crippen molar-refractivity contribution in [2.24, 2.45) is 0 Å². The Morgan fingerprint density at radius 3 is 2.19 bits per heavy atom. The van der Waals surface area contributed by atoms with Crippen LogP contribution < -0.4 is 5.32 Å². The Morgan fingerprint density at radius 2 is 1.57 bits per heavy atom. The quantitative estimate of drug-likeness (QED) is 0.695. The molecule has 21 heavy (non-hydrogen) atoms. The van der Waals surface area contributed by atoms with Gasteiger partial charge in [-0.15, -0.1) is 0 Å². The number of hydrogen-bond acceptors (Lipinski definition) is 2. The first-order valence-corrected chi connectivity index (χ1v) is 7.51. The molecule has 2 aromatic rings. The molecule has 108 valence electrons. The molecule has 0 unspecified atom stereocenters. The fourth-order valence-electron chi connectivity index (χ4n) is 1.66. The van der Waals surface area contributed by atoms with Crippen LogP contribution in [0.15, 0.2) is 36.4 Å². The Labute approximate surface area is 144 Å². The zero-order valence-corrected chi connectivity index (χ0v) is 14.0. The van der Waals surface area contributed by atoms with Gasteiger partial charge in [0.1, 0.15) is 0 Å². The molecule has 2 rings (SSSR count). The second-order valence-electron chi connectivity index (χ2n) is 4.07. The molecule has 2 N–H and O–H groups in total. The molecule has 4 nitrogen and oxygen atoms in total. The van der Waals surface area contributed by atoms with Crippen LogP contribution in [0.2, 0.25) is 10.0 Å². The van der Waals surface area contributed by atoms with Gasteiger partial charge in [0.25, 0.3) is 5.91 Å². The van der Waals surface area contributed by atoms with Crippen molar-refractivity contribution in [3.63, 3.8) is 0 Å². The monoisotopic (exact) mass is 435 g/mol. The standard InChI is InChI=1S/C14H8Cl2INO3/c15-7-1-3-11(17)9(5-7)13(19)18-12-4-2-8(16)6-10(12)14(20)21/h1-6H,(H,18,19)(H,20,21). The van der Waals surface area contributed by atoms with Gasteiger partial charge < -0.3 is 10.4 Å². The number of halogens is 3. The molecular formula is C14H8Cl2INO3. The summed E-state index contributed by atoms with van der Waals surface area (Å²) in [6.07, 6.45) is 0. The molecule has 0 saturated carbocycles. The lowest BCUT2D eigenvalue weighted by atomic mass is 10.1. The van der Waals surface area contributed by atoms with Crippen molar-refractivity contribution < 1.29 is 14.7 Å². The summed E-state index contributed by atoms with van der Waals surface area (Å²) in [6.45, 7) is 0. The minimum Gasteiger partial charge on any atom is -0.478 e. The molecule has 0 saturated heterocycles. The van der Waals surface area contributed by atoms with Crippen molar-refractivity contribution >= 4 is 63.4 Å². The summed E-state index contributed by atoms with van der Waals surface area (Å²) in [5.74, 6) is -1.61. The van der Waals surface area contributed by atoms with Gasteiger partial charge >= 0.3 is 5.97 Å². The first kappa shape index (κ1) is 16.1. The third-order valence-electron chi connectivity index (χ3n) is 2.63. The molecule has 7 heteroatoms. The van der Waals surface area contributed by atoms with E-state index >= 15 is 0 Å². The van der Waals surface area contributed by atoms with E-state index in [4.69, 9.17) is 28.3 Å². The van der Waals surface area contributed by atoms with Crippen LogP contribution in [0.1, 0.15) is 20.7 Å². The molecule has 0 fully saturated rings. The predicted octanol–water partition coefficient (Wildman–Crippen LogP) is 4.55. The number of aromatic carboxylic acids is 1. The maximum atomic E-state index is 12.2. The van der Waals surface area contributed by atoms with Crippen molar-refractivity contribution in [3.8, 4) is 0 Å². The molecule has 0 aliphatic carbocycles. The van der Waals surface area contributed by atoms with Gasteiger partial charge in [-0.1, -0.05) is 23.2 Å². The zero-order chi connectivity index (χ0) is 15.6. The Hall–Kier alpha value is -1.31. The molecule has 0 aliphatic heterocycles. The molecule has 0 radical (unpaired) electrons. The number of carboxylic acid groups (broad SMARTS) is 1. The van der Waals surface area contributed by atoms with Crippen LogP contribution >= 0.6 is 45.8 Å². The highest BCUT2D eigenvalue weighted by molar-refractivity contribution is 14.1. The third kappa shape index (κ3) is 3.87. The molecule has 0 aromatic heterocycles. The van der Waals surface area contributed by atoms with Crippen molar-refractivity contribution in [1.82, 2.24) is 0 Å². The molecule has 2 aromatic carbocycles. The summed E-state index contributed by atoms with van der Waals surface area (Å²) in [4.78, 5) is 23.4. The SMILES string of the molecule is O=C(Nc1ccc(Cl)cc1C(=O)O)c1cc(Cl)ccc1I. The van der Waals surface area contributed by atoms with E-state index in [1.54, 1.807) is 12.1 Å². The molecule has 0 atom stereocenters. The van der Waals surface area contributed by atoms with Crippen LogP contribution in [0.3, 0.4) is 0 Å². The first-order chi connectivity index (χ1) is 9.88. The van der Waals surface area contributed by atoms with E-state index in [2.05, 4.69) is 5.32 Å². The molecule has 0 spiro atoms. The lowest BCUT2D eigenvalue weighted by molar-refractivity contribution is 0.0698. The fraction of sp³-hybridized carbons (Fsp3) is 0. The molecule has 0 aliphatic rings. The summed E-state index contributed by atoms with van der Waals surface area (Å²) >= 11 is 13.6. The number of carbonyl (C=O) groups excluding carboxylic acids is 1. The topological polar surface area (TPSA) is 66.4 Å². The summed E-state index contributed by atoms with van der Waals surface area (Å²) in [7, 11) is 0. The zero-order valence-electron chi connectivity index (χ0n) is 10.4. The number of carbonyl (C=O) groups is 2. The van der Waals surface area contributed by atoms with Crippen molar-refractivity contribution in [2.75, 3.05) is 5.32 Å². The van der Waals surface area contributed by atoms with Gasteiger partial charge in [0.2, 0.25) is 0 Å². The van der Waals surface area contributed by atoms with Crippen molar-refractivity contribution in [1.29, 1.82) is 0 Å². The van der Waals surface area contributed by atoms with Crippen LogP contribution in [0, 0.1) is 3.57 Å². The number of rotatable bonds is 3. The average molecular weight is 436 g/mol. The van der Waals surface area contributed by atoms with E-state index < -0.39 is 11.9 Å². The molecule has 0 bridgehead atoms.